The molecule has 0 radical (unpaired) electrons. The number of carbonyl (C=O) groups excluding carboxylic acids is 1. The van der Waals surface area contributed by atoms with Crippen LogP contribution in [0.15, 0.2) is 60.0 Å². The predicted molar refractivity (Wildman–Crippen MR) is 107 cm³/mol. The molecule has 3 aromatic rings. The van der Waals surface area contributed by atoms with E-state index in [9.17, 15) is 9.18 Å². The number of hydrogen-bond acceptors (Lipinski definition) is 3. The van der Waals surface area contributed by atoms with Crippen LogP contribution in [0, 0.1) is 19.7 Å². The second kappa shape index (κ2) is 8.39. The Morgan fingerprint density at radius 3 is 2.48 bits per heavy atom. The van der Waals surface area contributed by atoms with Crippen LogP contribution in [0.2, 0.25) is 0 Å². The number of hydrogen-bond donors (Lipinski definition) is 0. The summed E-state index contributed by atoms with van der Waals surface area (Å²) in [5, 5.41) is 0.781. The fraction of sp³-hybridized carbons (Fsp3) is 0.238. The number of nitrogens with zero attached hydrogens (tertiary/aromatic N) is 3. The average molecular weight is 383 g/mol. The van der Waals surface area contributed by atoms with Gasteiger partial charge in [0.1, 0.15) is 5.82 Å². The van der Waals surface area contributed by atoms with Gasteiger partial charge in [-0.2, -0.15) is 0 Å². The molecular weight excluding hydrogens is 361 g/mol. The molecule has 1 aromatic heterocycles. The van der Waals surface area contributed by atoms with Crippen LogP contribution in [-0.2, 0) is 11.3 Å². The molecule has 0 saturated heterocycles. The van der Waals surface area contributed by atoms with Crippen LogP contribution in [0.3, 0.4) is 0 Å². The summed E-state index contributed by atoms with van der Waals surface area (Å²) in [5.74, 6) is 0.0141. The van der Waals surface area contributed by atoms with Gasteiger partial charge in [-0.1, -0.05) is 30.0 Å². The Labute approximate surface area is 163 Å². The number of aryl methyl sites for hydroxylation is 2. The first-order chi connectivity index (χ1) is 12.9. The highest BCUT2D eigenvalue weighted by Gasteiger charge is 2.13. The molecule has 3 rings (SSSR count). The van der Waals surface area contributed by atoms with Crippen molar-refractivity contribution in [3.8, 4) is 5.69 Å². The molecule has 0 spiro atoms. The molecule has 0 atom stereocenters. The van der Waals surface area contributed by atoms with E-state index >= 15 is 0 Å². The van der Waals surface area contributed by atoms with Crippen LogP contribution in [0.4, 0.5) is 4.39 Å². The number of rotatable bonds is 6. The van der Waals surface area contributed by atoms with Crippen LogP contribution < -0.4 is 0 Å². The number of amides is 1. The summed E-state index contributed by atoms with van der Waals surface area (Å²) in [6, 6.07) is 12.5. The predicted octanol–water partition coefficient (Wildman–Crippen LogP) is 4.38. The van der Waals surface area contributed by atoms with Crippen molar-refractivity contribution in [2.24, 2.45) is 0 Å². The second-order valence-corrected chi connectivity index (χ2v) is 7.53. The van der Waals surface area contributed by atoms with Crippen molar-refractivity contribution >= 4 is 17.7 Å². The van der Waals surface area contributed by atoms with Gasteiger partial charge in [0, 0.05) is 31.7 Å². The Balaban J connectivity index is 1.64. The van der Waals surface area contributed by atoms with Crippen LogP contribution in [0.25, 0.3) is 5.69 Å². The van der Waals surface area contributed by atoms with E-state index in [1.165, 1.54) is 35.0 Å². The molecule has 1 heterocycles. The van der Waals surface area contributed by atoms with Gasteiger partial charge >= 0.3 is 0 Å². The first kappa shape index (κ1) is 19.2. The number of aromatic nitrogens is 2. The van der Waals surface area contributed by atoms with Crippen molar-refractivity contribution in [1.82, 2.24) is 14.5 Å². The van der Waals surface area contributed by atoms with E-state index in [1.807, 2.05) is 10.8 Å². The molecule has 0 bridgehead atoms. The van der Waals surface area contributed by atoms with Crippen molar-refractivity contribution in [3.63, 3.8) is 0 Å². The van der Waals surface area contributed by atoms with Gasteiger partial charge < -0.3 is 4.90 Å². The van der Waals surface area contributed by atoms with Gasteiger partial charge in [0.25, 0.3) is 0 Å². The lowest BCUT2D eigenvalue weighted by atomic mass is 10.1. The summed E-state index contributed by atoms with van der Waals surface area (Å²) >= 11 is 1.41. The lowest BCUT2D eigenvalue weighted by Gasteiger charge is -2.17. The van der Waals surface area contributed by atoms with Gasteiger partial charge in [0.15, 0.2) is 5.16 Å². The topological polar surface area (TPSA) is 38.1 Å². The summed E-state index contributed by atoms with van der Waals surface area (Å²) in [6.45, 7) is 4.58. The zero-order valence-corrected chi connectivity index (χ0v) is 16.5. The van der Waals surface area contributed by atoms with Gasteiger partial charge in [-0.3, -0.25) is 9.36 Å². The van der Waals surface area contributed by atoms with E-state index in [1.54, 1.807) is 30.3 Å². The second-order valence-electron chi connectivity index (χ2n) is 6.59. The highest BCUT2D eigenvalue weighted by atomic mass is 32.2. The third-order valence-electron chi connectivity index (χ3n) is 4.17. The van der Waals surface area contributed by atoms with Crippen molar-refractivity contribution in [3.05, 3.63) is 77.4 Å². The minimum Gasteiger partial charge on any atom is -0.341 e. The molecule has 27 heavy (non-hydrogen) atoms. The van der Waals surface area contributed by atoms with Gasteiger partial charge in [-0.25, -0.2) is 9.37 Å². The number of imidazole rings is 1. The van der Waals surface area contributed by atoms with E-state index in [-0.39, 0.29) is 11.7 Å². The molecule has 0 unspecified atom stereocenters. The smallest absolute Gasteiger partial charge is 0.233 e. The number of carbonyl (C=O) groups is 1. The fourth-order valence-electron chi connectivity index (χ4n) is 2.87. The van der Waals surface area contributed by atoms with Gasteiger partial charge in [-0.05, 0) is 54.8 Å². The highest BCUT2D eigenvalue weighted by Crippen LogP contribution is 2.22. The Hall–Kier alpha value is -2.60. The number of thioether (sulfide) groups is 1. The first-order valence-electron chi connectivity index (χ1n) is 8.65. The minimum absolute atomic E-state index is 0.000650. The first-order valence-corrected chi connectivity index (χ1v) is 9.64. The fourth-order valence-corrected chi connectivity index (χ4v) is 3.78. The Morgan fingerprint density at radius 1 is 1.15 bits per heavy atom. The molecule has 2 aromatic carbocycles. The van der Waals surface area contributed by atoms with E-state index < -0.39 is 0 Å². The molecule has 140 valence electrons. The standard InChI is InChI=1S/C21H22FN3OS/c1-15-10-16(2)12-19(11-15)25-9-8-23-21(25)27-14-20(26)24(3)13-17-4-6-18(22)7-5-17/h4-12H,13-14H2,1-3H3. The molecule has 0 aliphatic heterocycles. The summed E-state index contributed by atoms with van der Waals surface area (Å²) in [4.78, 5) is 18.5. The monoisotopic (exact) mass is 383 g/mol. The van der Waals surface area contributed by atoms with E-state index in [4.69, 9.17) is 0 Å². The van der Waals surface area contributed by atoms with Crippen molar-refractivity contribution in [1.29, 1.82) is 0 Å². The lowest BCUT2D eigenvalue weighted by molar-refractivity contribution is -0.127. The molecule has 0 fully saturated rings. The van der Waals surface area contributed by atoms with Crippen LogP contribution in [0.5, 0.6) is 0 Å². The summed E-state index contributed by atoms with van der Waals surface area (Å²) < 4.78 is 15.0. The Bertz CT molecular complexity index is 917. The minimum atomic E-state index is -0.276. The quantitative estimate of drug-likeness (QED) is 0.593. The van der Waals surface area contributed by atoms with E-state index in [0.717, 1.165) is 16.4 Å². The number of benzene rings is 2. The maximum absolute atomic E-state index is 13.0. The molecule has 4 nitrogen and oxygen atoms in total. The maximum Gasteiger partial charge on any atom is 0.233 e. The van der Waals surface area contributed by atoms with E-state index in [2.05, 4.69) is 37.0 Å². The number of halogens is 1. The van der Waals surface area contributed by atoms with Crippen molar-refractivity contribution < 1.29 is 9.18 Å². The molecular formula is C21H22FN3OS. The largest absolute Gasteiger partial charge is 0.341 e. The SMILES string of the molecule is Cc1cc(C)cc(-n2ccnc2SCC(=O)N(C)Cc2ccc(F)cc2)c1. The van der Waals surface area contributed by atoms with Crippen LogP contribution >= 0.6 is 11.8 Å². The lowest BCUT2D eigenvalue weighted by Crippen LogP contribution is -2.27. The zero-order valence-electron chi connectivity index (χ0n) is 15.6. The molecule has 0 saturated carbocycles. The maximum atomic E-state index is 13.0. The van der Waals surface area contributed by atoms with Gasteiger partial charge in [-0.15, -0.1) is 0 Å². The zero-order chi connectivity index (χ0) is 19.4. The average Bonchev–Trinajstić information content (AvgIpc) is 3.09. The van der Waals surface area contributed by atoms with Gasteiger partial charge in [0.2, 0.25) is 5.91 Å². The Kier molecular flexibility index (Phi) is 5.96. The molecule has 0 aliphatic rings. The molecule has 0 N–H and O–H groups in total. The summed E-state index contributed by atoms with van der Waals surface area (Å²) in [5.41, 5.74) is 4.31. The highest BCUT2D eigenvalue weighted by molar-refractivity contribution is 7.99. The van der Waals surface area contributed by atoms with Crippen LogP contribution in [-0.4, -0.2) is 33.2 Å². The van der Waals surface area contributed by atoms with Crippen molar-refractivity contribution in [2.45, 2.75) is 25.5 Å². The summed E-state index contributed by atoms with van der Waals surface area (Å²) in [6.07, 6.45) is 3.65. The normalized spacial score (nSPS) is 10.8. The third kappa shape index (κ3) is 4.98. The van der Waals surface area contributed by atoms with Gasteiger partial charge in [0.05, 0.1) is 5.75 Å². The third-order valence-corrected chi connectivity index (χ3v) is 5.13. The van der Waals surface area contributed by atoms with Crippen molar-refractivity contribution in [2.75, 3.05) is 12.8 Å². The molecule has 6 heteroatoms. The molecule has 1 amide bonds. The van der Waals surface area contributed by atoms with Crippen LogP contribution in [0.1, 0.15) is 16.7 Å². The molecule has 0 aliphatic carbocycles. The summed E-state index contributed by atoms with van der Waals surface area (Å²) in [7, 11) is 1.75. The van der Waals surface area contributed by atoms with E-state index in [0.29, 0.717) is 12.3 Å². The Morgan fingerprint density at radius 2 is 1.81 bits per heavy atom.